The van der Waals surface area contributed by atoms with E-state index in [1.165, 1.54) is 7.11 Å². The van der Waals surface area contributed by atoms with Crippen molar-refractivity contribution in [2.24, 2.45) is 0 Å². The zero-order chi connectivity index (χ0) is 20.9. The highest BCUT2D eigenvalue weighted by Gasteiger charge is 2.14. The van der Waals surface area contributed by atoms with Gasteiger partial charge in [0.1, 0.15) is 17.1 Å². The molecule has 0 saturated heterocycles. The molecule has 30 heavy (non-hydrogen) atoms. The van der Waals surface area contributed by atoms with Gasteiger partial charge in [-0.25, -0.2) is 14.8 Å². The SMILES string of the molecule is COc1ccc(Cl)cc1NC(=O)NCCn1c(-c2ccncc2)nc2cccnc21. The predicted molar refractivity (Wildman–Crippen MR) is 116 cm³/mol. The molecule has 0 aliphatic carbocycles. The molecule has 8 nitrogen and oxygen atoms in total. The Hall–Kier alpha value is -3.65. The first-order chi connectivity index (χ1) is 14.7. The molecular weight excluding hydrogens is 404 g/mol. The van der Waals surface area contributed by atoms with Gasteiger partial charge in [-0.15, -0.1) is 0 Å². The smallest absolute Gasteiger partial charge is 0.319 e. The van der Waals surface area contributed by atoms with Crippen LogP contribution in [0.2, 0.25) is 5.02 Å². The number of hydrogen-bond donors (Lipinski definition) is 2. The lowest BCUT2D eigenvalue weighted by Gasteiger charge is -2.13. The predicted octanol–water partition coefficient (Wildman–Crippen LogP) is 3.98. The molecule has 0 fully saturated rings. The summed E-state index contributed by atoms with van der Waals surface area (Å²) in [6.07, 6.45) is 5.16. The summed E-state index contributed by atoms with van der Waals surface area (Å²) in [5, 5.41) is 6.11. The van der Waals surface area contributed by atoms with E-state index in [9.17, 15) is 4.79 Å². The lowest BCUT2D eigenvalue weighted by Crippen LogP contribution is -2.31. The third-order valence-corrected chi connectivity index (χ3v) is 4.71. The van der Waals surface area contributed by atoms with E-state index in [0.717, 1.165) is 22.6 Å². The molecule has 0 saturated carbocycles. The van der Waals surface area contributed by atoms with Gasteiger partial charge < -0.3 is 19.9 Å². The fourth-order valence-corrected chi connectivity index (χ4v) is 3.29. The van der Waals surface area contributed by atoms with Gasteiger partial charge in [0.2, 0.25) is 0 Å². The molecule has 0 bridgehead atoms. The number of halogens is 1. The molecule has 3 heterocycles. The van der Waals surface area contributed by atoms with E-state index in [-0.39, 0.29) is 6.03 Å². The van der Waals surface area contributed by atoms with Crippen LogP contribution in [0.3, 0.4) is 0 Å². The molecule has 4 aromatic rings. The molecule has 152 valence electrons. The van der Waals surface area contributed by atoms with E-state index in [2.05, 4.69) is 20.6 Å². The number of aromatic nitrogens is 4. The van der Waals surface area contributed by atoms with Gasteiger partial charge in [0.25, 0.3) is 0 Å². The second kappa shape index (κ2) is 8.79. The van der Waals surface area contributed by atoms with Gasteiger partial charge in [0, 0.05) is 42.3 Å². The fraction of sp³-hybridized carbons (Fsp3) is 0.143. The molecule has 9 heteroatoms. The van der Waals surface area contributed by atoms with Crippen molar-refractivity contribution < 1.29 is 9.53 Å². The van der Waals surface area contributed by atoms with Crippen LogP contribution in [0.1, 0.15) is 0 Å². The van der Waals surface area contributed by atoms with Crippen LogP contribution in [0.5, 0.6) is 5.75 Å². The first-order valence-electron chi connectivity index (χ1n) is 9.26. The Labute approximate surface area is 177 Å². The monoisotopic (exact) mass is 422 g/mol. The van der Waals surface area contributed by atoms with Crippen molar-refractivity contribution in [3.05, 3.63) is 66.1 Å². The Balaban J connectivity index is 1.49. The number of carbonyl (C=O) groups is 1. The summed E-state index contributed by atoms with van der Waals surface area (Å²) < 4.78 is 7.23. The van der Waals surface area contributed by atoms with Crippen LogP contribution >= 0.6 is 11.6 Å². The summed E-state index contributed by atoms with van der Waals surface area (Å²) in [7, 11) is 1.53. The molecule has 0 spiro atoms. The highest BCUT2D eigenvalue weighted by molar-refractivity contribution is 6.31. The van der Waals surface area contributed by atoms with Crippen LogP contribution in [0, 0.1) is 0 Å². The number of ether oxygens (including phenoxy) is 1. The van der Waals surface area contributed by atoms with Crippen LogP contribution in [-0.2, 0) is 6.54 Å². The highest BCUT2D eigenvalue weighted by atomic mass is 35.5. The van der Waals surface area contributed by atoms with E-state index >= 15 is 0 Å². The van der Waals surface area contributed by atoms with Crippen molar-refractivity contribution in [1.29, 1.82) is 0 Å². The molecule has 0 radical (unpaired) electrons. The number of hydrogen-bond acceptors (Lipinski definition) is 5. The van der Waals surface area contributed by atoms with E-state index in [4.69, 9.17) is 21.3 Å². The first-order valence-corrected chi connectivity index (χ1v) is 9.63. The van der Waals surface area contributed by atoms with Crippen molar-refractivity contribution in [3.63, 3.8) is 0 Å². The number of anilines is 1. The van der Waals surface area contributed by atoms with E-state index in [1.807, 2.05) is 28.8 Å². The average Bonchev–Trinajstić information content (AvgIpc) is 3.13. The van der Waals surface area contributed by atoms with Crippen molar-refractivity contribution >= 4 is 34.5 Å². The molecule has 0 unspecified atom stereocenters. The largest absolute Gasteiger partial charge is 0.495 e. The van der Waals surface area contributed by atoms with Crippen LogP contribution in [0.4, 0.5) is 10.5 Å². The minimum atomic E-state index is -0.363. The highest BCUT2D eigenvalue weighted by Crippen LogP contribution is 2.27. The lowest BCUT2D eigenvalue weighted by molar-refractivity contribution is 0.251. The molecule has 0 atom stereocenters. The number of nitrogens with one attached hydrogen (secondary N) is 2. The van der Waals surface area contributed by atoms with E-state index in [1.54, 1.807) is 36.8 Å². The standard InChI is InChI=1S/C21H19ClN6O2/c1-30-18-5-4-15(22)13-17(18)27-21(29)25-11-12-28-19(14-6-9-23-10-7-14)26-16-3-2-8-24-20(16)28/h2-10,13H,11-12H2,1H3,(H2,25,27,29). The first kappa shape index (κ1) is 19.7. The average molecular weight is 423 g/mol. The summed E-state index contributed by atoms with van der Waals surface area (Å²) in [5.41, 5.74) is 2.96. The topological polar surface area (TPSA) is 94.0 Å². The maximum atomic E-state index is 12.4. The Kier molecular flexibility index (Phi) is 5.76. The number of nitrogens with zero attached hydrogens (tertiary/aromatic N) is 4. The van der Waals surface area contributed by atoms with Gasteiger partial charge in [0.15, 0.2) is 5.65 Å². The molecule has 2 N–H and O–H groups in total. The quantitative estimate of drug-likeness (QED) is 0.490. The molecular formula is C21H19ClN6O2. The number of fused-ring (bicyclic) bond motifs is 1. The molecule has 3 aromatic heterocycles. The maximum Gasteiger partial charge on any atom is 0.319 e. The molecule has 0 aliphatic rings. The minimum absolute atomic E-state index is 0.363. The Morgan fingerprint density at radius 3 is 2.80 bits per heavy atom. The number of carbonyl (C=O) groups excluding carboxylic acids is 1. The lowest BCUT2D eigenvalue weighted by atomic mass is 10.2. The van der Waals surface area contributed by atoms with E-state index < -0.39 is 0 Å². The van der Waals surface area contributed by atoms with Gasteiger partial charge >= 0.3 is 6.03 Å². The van der Waals surface area contributed by atoms with Crippen LogP contribution in [0.15, 0.2) is 61.1 Å². The molecule has 0 aliphatic heterocycles. The third kappa shape index (κ3) is 4.18. The van der Waals surface area contributed by atoms with Crippen LogP contribution in [0.25, 0.3) is 22.6 Å². The summed E-state index contributed by atoms with van der Waals surface area (Å²) in [6, 6.07) is 12.2. The number of urea groups is 1. The number of methoxy groups -OCH3 is 1. The normalized spacial score (nSPS) is 10.7. The van der Waals surface area contributed by atoms with Crippen LogP contribution in [-0.4, -0.2) is 39.2 Å². The van der Waals surface area contributed by atoms with Gasteiger partial charge in [-0.05, 0) is 42.5 Å². The van der Waals surface area contributed by atoms with Crippen molar-refractivity contribution in [1.82, 2.24) is 24.8 Å². The molecule has 4 rings (SSSR count). The van der Waals surface area contributed by atoms with Crippen molar-refractivity contribution in [3.8, 4) is 17.1 Å². The van der Waals surface area contributed by atoms with E-state index in [0.29, 0.717) is 29.5 Å². The molecule has 1 aromatic carbocycles. The van der Waals surface area contributed by atoms with Gasteiger partial charge in [-0.3, -0.25) is 4.98 Å². The fourth-order valence-electron chi connectivity index (χ4n) is 3.12. The van der Waals surface area contributed by atoms with Gasteiger partial charge in [-0.1, -0.05) is 11.6 Å². The second-order valence-corrected chi connectivity index (χ2v) is 6.83. The Morgan fingerprint density at radius 2 is 2.00 bits per heavy atom. The summed E-state index contributed by atoms with van der Waals surface area (Å²) in [6.45, 7) is 0.861. The number of pyridine rings is 2. The van der Waals surface area contributed by atoms with Crippen LogP contribution < -0.4 is 15.4 Å². The van der Waals surface area contributed by atoms with Crippen molar-refractivity contribution in [2.75, 3.05) is 19.0 Å². The summed E-state index contributed by atoms with van der Waals surface area (Å²) in [5.74, 6) is 1.30. The summed E-state index contributed by atoms with van der Waals surface area (Å²) in [4.78, 5) is 25.6. The number of benzene rings is 1. The van der Waals surface area contributed by atoms with Crippen molar-refractivity contribution in [2.45, 2.75) is 6.54 Å². The molecule has 2 amide bonds. The second-order valence-electron chi connectivity index (χ2n) is 6.39. The number of rotatable bonds is 6. The Morgan fingerprint density at radius 1 is 1.17 bits per heavy atom. The number of amides is 2. The zero-order valence-corrected chi connectivity index (χ0v) is 16.9. The summed E-state index contributed by atoms with van der Waals surface area (Å²) >= 11 is 6.01. The Bertz CT molecular complexity index is 1180. The van der Waals surface area contributed by atoms with Gasteiger partial charge in [-0.2, -0.15) is 0 Å². The minimum Gasteiger partial charge on any atom is -0.495 e. The maximum absolute atomic E-state index is 12.4. The zero-order valence-electron chi connectivity index (χ0n) is 16.2. The van der Waals surface area contributed by atoms with Gasteiger partial charge in [0.05, 0.1) is 12.8 Å². The third-order valence-electron chi connectivity index (χ3n) is 4.47. The number of imidazole rings is 1.